The van der Waals surface area contributed by atoms with Crippen LogP contribution in [0.25, 0.3) is 0 Å². The van der Waals surface area contributed by atoms with Crippen molar-refractivity contribution in [2.24, 2.45) is 0 Å². The second kappa shape index (κ2) is 19.7. The van der Waals surface area contributed by atoms with Crippen molar-refractivity contribution in [2.75, 3.05) is 0 Å². The molecule has 0 radical (unpaired) electrons. The monoisotopic (exact) mass is 386 g/mol. The Morgan fingerprint density at radius 2 is 1.11 bits per heavy atom. The number of esters is 1. The Morgan fingerprint density at radius 1 is 0.704 bits per heavy atom. The molecule has 0 bridgehead atoms. The number of carbonyl (C=O) groups excluding carboxylic acids is 1. The highest BCUT2D eigenvalue weighted by atomic mass is 16.6. The molecule has 1 atom stereocenters. The number of carbonyl (C=O) groups is 2. The number of aliphatic carboxylic acids is 1. The topological polar surface area (TPSA) is 83.8 Å². The van der Waals surface area contributed by atoms with Crippen LogP contribution in [0.5, 0.6) is 0 Å². The first-order chi connectivity index (χ1) is 13.1. The number of aliphatic hydroxyl groups excluding tert-OH is 1. The zero-order valence-corrected chi connectivity index (χ0v) is 17.4. The summed E-state index contributed by atoms with van der Waals surface area (Å²) in [4.78, 5) is 21.6. The number of carboxylic acids is 1. The lowest BCUT2D eigenvalue weighted by Gasteiger charge is -2.11. The van der Waals surface area contributed by atoms with Crippen LogP contribution in [0.1, 0.15) is 122 Å². The quantitative estimate of drug-likeness (QED) is 0.153. The van der Waals surface area contributed by atoms with Gasteiger partial charge in [0.2, 0.25) is 6.29 Å². The van der Waals surface area contributed by atoms with Crippen LogP contribution in [0, 0.1) is 0 Å². The molecule has 0 saturated heterocycles. The fourth-order valence-corrected chi connectivity index (χ4v) is 3.17. The summed E-state index contributed by atoms with van der Waals surface area (Å²) in [6.07, 6.45) is 18.1. The molecule has 0 saturated carbocycles. The number of hydrogen-bond acceptors (Lipinski definition) is 4. The van der Waals surface area contributed by atoms with Gasteiger partial charge in [0, 0.05) is 6.42 Å². The van der Waals surface area contributed by atoms with Crippen molar-refractivity contribution in [3.63, 3.8) is 0 Å². The highest BCUT2D eigenvalue weighted by Crippen LogP contribution is 2.14. The van der Waals surface area contributed by atoms with Gasteiger partial charge in [-0.15, -0.1) is 0 Å². The first-order valence-electron chi connectivity index (χ1n) is 11.2. The number of aliphatic hydroxyl groups is 1. The van der Waals surface area contributed by atoms with Crippen molar-refractivity contribution in [1.82, 2.24) is 0 Å². The van der Waals surface area contributed by atoms with Crippen LogP contribution >= 0.6 is 0 Å². The number of unbranched alkanes of at least 4 members (excludes halogenated alkanes) is 14. The lowest BCUT2D eigenvalue weighted by molar-refractivity contribution is -0.170. The minimum Gasteiger partial charge on any atom is -0.481 e. The van der Waals surface area contributed by atoms with Crippen LogP contribution in [0.3, 0.4) is 0 Å². The summed E-state index contributed by atoms with van der Waals surface area (Å²) in [5, 5.41) is 18.1. The second-order valence-corrected chi connectivity index (χ2v) is 7.58. The van der Waals surface area contributed by atoms with E-state index in [0.29, 0.717) is 6.42 Å². The normalized spacial score (nSPS) is 12.1. The molecule has 0 aromatic rings. The van der Waals surface area contributed by atoms with Crippen LogP contribution in [0.2, 0.25) is 0 Å². The van der Waals surface area contributed by atoms with Crippen molar-refractivity contribution in [2.45, 2.75) is 129 Å². The summed E-state index contributed by atoms with van der Waals surface area (Å²) in [7, 11) is 0. The minimum atomic E-state index is -1.10. The van der Waals surface area contributed by atoms with E-state index in [1.165, 1.54) is 77.0 Å². The second-order valence-electron chi connectivity index (χ2n) is 7.58. The van der Waals surface area contributed by atoms with Gasteiger partial charge in [0.1, 0.15) is 0 Å². The Morgan fingerprint density at radius 3 is 1.52 bits per heavy atom. The van der Waals surface area contributed by atoms with Crippen LogP contribution in [0.4, 0.5) is 0 Å². The van der Waals surface area contributed by atoms with Gasteiger partial charge in [0.25, 0.3) is 0 Å². The fraction of sp³-hybridized carbons (Fsp3) is 0.909. The standard InChI is InChI=1S/C22H42O5/c1-2-3-4-5-6-7-8-9-10-11-12-13-14-15-16-17-21(25)27-22(26)19-18-20(23)24/h21,25H,2-19H2,1H3,(H,23,24). The molecule has 0 fully saturated rings. The van der Waals surface area contributed by atoms with Crippen molar-refractivity contribution >= 4 is 11.9 Å². The molecule has 0 heterocycles. The summed E-state index contributed by atoms with van der Waals surface area (Å²) in [6, 6.07) is 0. The van der Waals surface area contributed by atoms with E-state index in [4.69, 9.17) is 9.84 Å². The Hall–Kier alpha value is -1.10. The average molecular weight is 387 g/mol. The van der Waals surface area contributed by atoms with Gasteiger partial charge in [-0.25, -0.2) is 0 Å². The van der Waals surface area contributed by atoms with Gasteiger partial charge in [-0.2, -0.15) is 0 Å². The van der Waals surface area contributed by atoms with Gasteiger partial charge in [-0.3, -0.25) is 9.59 Å². The summed E-state index contributed by atoms with van der Waals surface area (Å²) in [5.74, 6) is -1.69. The zero-order valence-electron chi connectivity index (χ0n) is 17.4. The van der Waals surface area contributed by atoms with E-state index in [2.05, 4.69) is 6.92 Å². The molecule has 0 rings (SSSR count). The molecular weight excluding hydrogens is 344 g/mol. The van der Waals surface area contributed by atoms with Gasteiger partial charge in [0.05, 0.1) is 12.8 Å². The fourth-order valence-electron chi connectivity index (χ4n) is 3.17. The molecule has 0 aliphatic carbocycles. The molecular formula is C22H42O5. The largest absolute Gasteiger partial charge is 0.481 e. The maximum Gasteiger partial charge on any atom is 0.308 e. The van der Waals surface area contributed by atoms with Crippen LogP contribution < -0.4 is 0 Å². The molecule has 0 spiro atoms. The van der Waals surface area contributed by atoms with Crippen molar-refractivity contribution in [3.05, 3.63) is 0 Å². The molecule has 0 aliphatic heterocycles. The molecule has 27 heavy (non-hydrogen) atoms. The molecule has 5 nitrogen and oxygen atoms in total. The van der Waals surface area contributed by atoms with Crippen molar-refractivity contribution < 1.29 is 24.5 Å². The third kappa shape index (κ3) is 21.1. The first-order valence-corrected chi connectivity index (χ1v) is 11.2. The van der Waals surface area contributed by atoms with Gasteiger partial charge >= 0.3 is 11.9 Å². The van der Waals surface area contributed by atoms with E-state index in [1.54, 1.807) is 0 Å². The van der Waals surface area contributed by atoms with E-state index in [-0.39, 0.29) is 12.8 Å². The summed E-state index contributed by atoms with van der Waals surface area (Å²) in [6.45, 7) is 2.26. The number of hydrogen-bond donors (Lipinski definition) is 2. The van der Waals surface area contributed by atoms with Crippen LogP contribution in [-0.4, -0.2) is 28.4 Å². The predicted octanol–water partition coefficient (Wildman–Crippen LogP) is 5.97. The lowest BCUT2D eigenvalue weighted by Crippen LogP contribution is -2.18. The maximum absolute atomic E-state index is 11.3. The van der Waals surface area contributed by atoms with E-state index in [9.17, 15) is 14.7 Å². The highest BCUT2D eigenvalue weighted by Gasteiger charge is 2.12. The smallest absolute Gasteiger partial charge is 0.308 e. The molecule has 160 valence electrons. The van der Waals surface area contributed by atoms with Gasteiger partial charge in [-0.05, 0) is 6.42 Å². The molecule has 1 unspecified atom stereocenters. The van der Waals surface area contributed by atoms with Gasteiger partial charge in [-0.1, -0.05) is 96.8 Å². The zero-order chi connectivity index (χ0) is 20.2. The Bertz CT molecular complexity index is 357. The number of carboxylic acid groups (broad SMARTS) is 1. The van der Waals surface area contributed by atoms with Gasteiger partial charge < -0.3 is 14.9 Å². The highest BCUT2D eigenvalue weighted by molar-refractivity contribution is 5.76. The average Bonchev–Trinajstić information content (AvgIpc) is 2.63. The summed E-state index contributed by atoms with van der Waals surface area (Å²) in [5.41, 5.74) is 0. The van der Waals surface area contributed by atoms with Crippen LogP contribution in [-0.2, 0) is 14.3 Å². The molecule has 0 amide bonds. The molecule has 0 aliphatic rings. The Kier molecular flexibility index (Phi) is 18.9. The molecule has 0 aromatic heterocycles. The molecule has 2 N–H and O–H groups in total. The maximum atomic E-state index is 11.3. The first kappa shape index (κ1) is 25.9. The Balaban J connectivity index is 3.24. The summed E-state index contributed by atoms with van der Waals surface area (Å²) < 4.78 is 4.77. The summed E-state index contributed by atoms with van der Waals surface area (Å²) >= 11 is 0. The predicted molar refractivity (Wildman–Crippen MR) is 109 cm³/mol. The third-order valence-corrected chi connectivity index (χ3v) is 4.87. The van der Waals surface area contributed by atoms with E-state index >= 15 is 0 Å². The van der Waals surface area contributed by atoms with E-state index < -0.39 is 18.2 Å². The third-order valence-electron chi connectivity index (χ3n) is 4.87. The number of ether oxygens (including phenoxy) is 1. The van der Waals surface area contributed by atoms with Gasteiger partial charge in [0.15, 0.2) is 0 Å². The minimum absolute atomic E-state index is 0.189. The molecule has 5 heteroatoms. The van der Waals surface area contributed by atoms with Crippen molar-refractivity contribution in [1.29, 1.82) is 0 Å². The van der Waals surface area contributed by atoms with E-state index in [1.807, 2.05) is 0 Å². The Labute approximate surface area is 165 Å². The van der Waals surface area contributed by atoms with Crippen LogP contribution in [0.15, 0.2) is 0 Å². The van der Waals surface area contributed by atoms with Crippen molar-refractivity contribution in [3.8, 4) is 0 Å². The number of rotatable bonds is 20. The SMILES string of the molecule is CCCCCCCCCCCCCCCCCC(O)OC(=O)CCC(=O)O. The molecule has 0 aromatic carbocycles. The van der Waals surface area contributed by atoms with E-state index in [0.717, 1.165) is 19.3 Å². The lowest BCUT2D eigenvalue weighted by atomic mass is 10.0.